The molecular weight excluding hydrogens is 520 g/mol. The fraction of sp³-hybridized carbons (Fsp3) is 0.172. The summed E-state index contributed by atoms with van der Waals surface area (Å²) in [7, 11) is -4.29. The molecule has 1 amide bonds. The van der Waals surface area contributed by atoms with Gasteiger partial charge in [0, 0.05) is 16.3 Å². The number of hydroxylamine groups is 1. The van der Waals surface area contributed by atoms with Gasteiger partial charge in [0.1, 0.15) is 12.3 Å². The molecule has 0 saturated carbocycles. The number of carboxylic acid groups (broad SMARTS) is 1. The van der Waals surface area contributed by atoms with Gasteiger partial charge in [-0.25, -0.2) is 18.7 Å². The van der Waals surface area contributed by atoms with Crippen molar-refractivity contribution < 1.29 is 33.1 Å². The van der Waals surface area contributed by atoms with Crippen LogP contribution in [0.5, 0.6) is 5.75 Å². The maximum Gasteiger partial charge on any atom is 0.349 e. The minimum absolute atomic E-state index is 0.0540. The van der Waals surface area contributed by atoms with Crippen LogP contribution in [0.25, 0.3) is 10.8 Å². The standard InChI is InChI=1S/C29H28N2O7S/c1-18-15-19(2)28(20(3)16-18)39(36,37)31(17-26(32)30-35)24-13-14-25(23-12-8-7-11-22(23)24)38-27(29(33)34)21-9-5-4-6-10-21/h4-16,27,35H,17H2,1-3H3,(H,30,32)(H,33,34). The van der Waals surface area contributed by atoms with E-state index in [9.17, 15) is 28.3 Å². The van der Waals surface area contributed by atoms with Crippen LogP contribution in [0.3, 0.4) is 0 Å². The number of benzene rings is 4. The Morgan fingerprint density at radius 1 is 0.897 bits per heavy atom. The SMILES string of the molecule is Cc1cc(C)c(S(=O)(=O)N(CC(=O)NO)c2ccc(OC(C(=O)O)c3ccccc3)c3ccccc23)c(C)c1. The summed E-state index contributed by atoms with van der Waals surface area (Å²) in [6.45, 7) is 4.53. The number of hydrogen-bond donors (Lipinski definition) is 3. The number of carboxylic acids is 1. The van der Waals surface area contributed by atoms with Gasteiger partial charge in [0.05, 0.1) is 10.6 Å². The third-order valence-electron chi connectivity index (χ3n) is 6.27. The first-order chi connectivity index (χ1) is 18.5. The molecule has 0 spiro atoms. The Labute approximate surface area is 226 Å². The number of fused-ring (bicyclic) bond motifs is 1. The first-order valence-corrected chi connectivity index (χ1v) is 13.5. The molecule has 4 aromatic rings. The number of rotatable bonds is 9. The number of hydrogen-bond acceptors (Lipinski definition) is 6. The maximum absolute atomic E-state index is 14.1. The lowest BCUT2D eigenvalue weighted by Crippen LogP contribution is -2.40. The molecule has 39 heavy (non-hydrogen) atoms. The Bertz CT molecular complexity index is 1630. The average molecular weight is 549 g/mol. The highest BCUT2D eigenvalue weighted by molar-refractivity contribution is 7.93. The second-order valence-electron chi connectivity index (χ2n) is 9.15. The summed E-state index contributed by atoms with van der Waals surface area (Å²) >= 11 is 0. The van der Waals surface area contributed by atoms with Crippen LogP contribution >= 0.6 is 0 Å². The Kier molecular flexibility index (Phi) is 7.89. The molecule has 0 aromatic heterocycles. The summed E-state index contributed by atoms with van der Waals surface area (Å²) in [5.74, 6) is -1.90. The van der Waals surface area contributed by atoms with Crippen molar-refractivity contribution in [3.8, 4) is 5.75 Å². The lowest BCUT2D eigenvalue weighted by atomic mass is 10.1. The third-order valence-corrected chi connectivity index (χ3v) is 8.33. The van der Waals surface area contributed by atoms with Gasteiger partial charge in [0.15, 0.2) is 0 Å². The summed E-state index contributed by atoms with van der Waals surface area (Å²) in [6.07, 6.45) is -1.31. The smallest absolute Gasteiger partial charge is 0.349 e. The second-order valence-corrected chi connectivity index (χ2v) is 10.9. The Morgan fingerprint density at radius 2 is 1.49 bits per heavy atom. The van der Waals surface area contributed by atoms with E-state index in [0.717, 1.165) is 9.87 Å². The van der Waals surface area contributed by atoms with E-state index in [1.54, 1.807) is 80.6 Å². The van der Waals surface area contributed by atoms with Gasteiger partial charge in [-0.1, -0.05) is 72.3 Å². The van der Waals surface area contributed by atoms with Crippen molar-refractivity contribution in [2.45, 2.75) is 31.8 Å². The number of nitrogens with zero attached hydrogens (tertiary/aromatic N) is 1. The van der Waals surface area contributed by atoms with Crippen LogP contribution in [-0.2, 0) is 19.6 Å². The van der Waals surface area contributed by atoms with E-state index in [1.807, 2.05) is 6.92 Å². The van der Waals surface area contributed by atoms with Crippen molar-refractivity contribution >= 4 is 38.4 Å². The predicted molar refractivity (Wildman–Crippen MR) is 147 cm³/mol. The van der Waals surface area contributed by atoms with Gasteiger partial charge < -0.3 is 9.84 Å². The van der Waals surface area contributed by atoms with Crippen molar-refractivity contribution in [3.05, 3.63) is 101 Å². The number of carbonyl (C=O) groups is 2. The molecule has 9 nitrogen and oxygen atoms in total. The molecule has 0 aliphatic carbocycles. The first kappa shape index (κ1) is 27.6. The third kappa shape index (κ3) is 5.57. The van der Waals surface area contributed by atoms with Crippen molar-refractivity contribution in [1.29, 1.82) is 0 Å². The van der Waals surface area contributed by atoms with Crippen molar-refractivity contribution in [2.75, 3.05) is 10.8 Å². The Morgan fingerprint density at radius 3 is 2.08 bits per heavy atom. The zero-order valence-electron chi connectivity index (χ0n) is 21.6. The molecule has 0 radical (unpaired) electrons. The van der Waals surface area contributed by atoms with E-state index in [2.05, 4.69) is 0 Å². The van der Waals surface area contributed by atoms with Crippen LogP contribution in [0.1, 0.15) is 28.4 Å². The highest BCUT2D eigenvalue weighted by atomic mass is 32.2. The summed E-state index contributed by atoms with van der Waals surface area (Å²) in [5, 5.41) is 19.9. The molecule has 0 saturated heterocycles. The van der Waals surface area contributed by atoms with Crippen LogP contribution in [0.4, 0.5) is 5.69 Å². The van der Waals surface area contributed by atoms with Gasteiger partial charge in [-0.3, -0.25) is 14.3 Å². The maximum atomic E-state index is 14.1. The van der Waals surface area contributed by atoms with Gasteiger partial charge >= 0.3 is 5.97 Å². The number of amides is 1. The number of nitrogens with one attached hydrogen (secondary N) is 1. The second kappa shape index (κ2) is 11.1. The highest BCUT2D eigenvalue weighted by Gasteiger charge is 2.32. The lowest BCUT2D eigenvalue weighted by Gasteiger charge is -2.27. The molecule has 202 valence electrons. The van der Waals surface area contributed by atoms with Crippen LogP contribution in [0.15, 0.2) is 83.8 Å². The highest BCUT2D eigenvalue weighted by Crippen LogP contribution is 2.38. The summed E-state index contributed by atoms with van der Waals surface area (Å²) in [4.78, 5) is 24.4. The molecule has 0 heterocycles. The molecule has 3 N–H and O–H groups in total. The van der Waals surface area contributed by atoms with Gasteiger partial charge in [-0.05, 0) is 44.0 Å². The Hall–Kier alpha value is -4.41. The predicted octanol–water partition coefficient (Wildman–Crippen LogP) is 4.67. The fourth-order valence-corrected chi connectivity index (χ4v) is 6.60. The van der Waals surface area contributed by atoms with Gasteiger partial charge in [0.2, 0.25) is 6.10 Å². The summed E-state index contributed by atoms with van der Waals surface area (Å²) in [5.41, 5.74) is 4.02. The number of ether oxygens (including phenoxy) is 1. The molecule has 4 rings (SSSR count). The molecular formula is C29H28N2O7S. The number of anilines is 1. The van der Waals surface area contributed by atoms with Gasteiger partial charge in [-0.2, -0.15) is 0 Å². The number of carbonyl (C=O) groups excluding carboxylic acids is 1. The molecule has 0 aliphatic rings. The van der Waals surface area contributed by atoms with E-state index in [1.165, 1.54) is 17.6 Å². The molecule has 10 heteroatoms. The van der Waals surface area contributed by atoms with Crippen molar-refractivity contribution in [2.24, 2.45) is 0 Å². The van der Waals surface area contributed by atoms with Crippen LogP contribution < -0.4 is 14.5 Å². The van der Waals surface area contributed by atoms with E-state index in [-0.39, 0.29) is 16.3 Å². The molecule has 4 aromatic carbocycles. The topological polar surface area (TPSA) is 133 Å². The number of aryl methyl sites for hydroxylation is 3. The van der Waals surface area contributed by atoms with E-state index < -0.39 is 34.5 Å². The molecule has 0 aliphatic heterocycles. The normalized spacial score (nSPS) is 12.1. The van der Waals surface area contributed by atoms with Crippen molar-refractivity contribution in [3.63, 3.8) is 0 Å². The zero-order valence-corrected chi connectivity index (χ0v) is 22.4. The monoisotopic (exact) mass is 548 g/mol. The van der Waals surface area contributed by atoms with Crippen LogP contribution in [0.2, 0.25) is 0 Å². The lowest BCUT2D eigenvalue weighted by molar-refractivity contribution is -0.145. The fourth-order valence-electron chi connectivity index (χ4n) is 4.74. The van der Waals surface area contributed by atoms with E-state index in [0.29, 0.717) is 27.5 Å². The minimum Gasteiger partial charge on any atom is -0.478 e. The van der Waals surface area contributed by atoms with Gasteiger partial charge in [-0.15, -0.1) is 0 Å². The summed E-state index contributed by atoms with van der Waals surface area (Å²) < 4.78 is 35.0. The van der Waals surface area contributed by atoms with E-state index >= 15 is 0 Å². The molecule has 0 fully saturated rings. The van der Waals surface area contributed by atoms with E-state index in [4.69, 9.17) is 4.74 Å². The quantitative estimate of drug-likeness (QED) is 0.204. The number of aliphatic carboxylic acids is 1. The van der Waals surface area contributed by atoms with Crippen LogP contribution in [0, 0.1) is 20.8 Å². The van der Waals surface area contributed by atoms with Crippen LogP contribution in [-0.4, -0.2) is 37.2 Å². The molecule has 1 unspecified atom stereocenters. The van der Waals surface area contributed by atoms with Crippen molar-refractivity contribution in [1.82, 2.24) is 5.48 Å². The number of sulfonamides is 1. The largest absolute Gasteiger partial charge is 0.478 e. The zero-order chi connectivity index (χ0) is 28.3. The van der Waals surface area contributed by atoms with Gasteiger partial charge in [0.25, 0.3) is 15.9 Å². The Balaban J connectivity index is 1.89. The molecule has 0 bridgehead atoms. The minimum atomic E-state index is -4.29. The first-order valence-electron chi connectivity index (χ1n) is 12.0. The summed E-state index contributed by atoms with van der Waals surface area (Å²) in [6, 6.07) is 21.6. The molecule has 1 atom stereocenters. The average Bonchev–Trinajstić information content (AvgIpc) is 2.89.